The molecule has 2 N–H and O–H groups in total. The molecule has 0 atom stereocenters. The van der Waals surface area contributed by atoms with Crippen LogP contribution in [-0.2, 0) is 4.74 Å². The Bertz CT molecular complexity index is 407. The second-order valence-electron chi connectivity index (χ2n) is 4.26. The first-order valence-electron chi connectivity index (χ1n) is 4.93. The molecule has 1 heterocycles. The molecule has 1 aromatic rings. The first-order chi connectivity index (χ1) is 7.40. The zero-order chi connectivity index (χ0) is 12.2. The summed E-state index contributed by atoms with van der Waals surface area (Å²) in [7, 11) is 0. The molecule has 0 unspecified atom stereocenters. The Labute approximate surface area is 101 Å². The number of pyridine rings is 1. The van der Waals surface area contributed by atoms with E-state index in [1.165, 1.54) is 0 Å². The summed E-state index contributed by atoms with van der Waals surface area (Å²) in [5, 5.41) is 0.510. The number of rotatable bonds is 1. The lowest BCUT2D eigenvalue weighted by atomic mass is 10.2. The van der Waals surface area contributed by atoms with Gasteiger partial charge in [-0.25, -0.2) is 4.98 Å². The van der Waals surface area contributed by atoms with Gasteiger partial charge in [0.15, 0.2) is 0 Å². The first-order valence-corrected chi connectivity index (χ1v) is 5.31. The molecular weight excluding hydrogens is 224 g/mol. The second kappa shape index (κ2) is 5.20. The number of nitrogens with zero attached hydrogens (tertiary/aromatic N) is 1. The quantitative estimate of drug-likeness (QED) is 0.765. The van der Waals surface area contributed by atoms with Gasteiger partial charge < -0.3 is 10.5 Å². The summed E-state index contributed by atoms with van der Waals surface area (Å²) in [5.41, 5.74) is 6.01. The van der Waals surface area contributed by atoms with Crippen LogP contribution in [0.25, 0.3) is 0 Å². The van der Waals surface area contributed by atoms with Crippen LogP contribution in [0.2, 0.25) is 5.02 Å². The van der Waals surface area contributed by atoms with Crippen molar-refractivity contribution in [2.45, 2.75) is 26.4 Å². The highest BCUT2D eigenvalue weighted by Gasteiger charge is 2.08. The van der Waals surface area contributed by atoms with Crippen LogP contribution < -0.4 is 5.73 Å². The molecule has 0 amide bonds. The van der Waals surface area contributed by atoms with Crippen LogP contribution in [0.15, 0.2) is 12.3 Å². The third-order valence-corrected chi connectivity index (χ3v) is 2.04. The maximum atomic E-state index is 5.94. The van der Waals surface area contributed by atoms with Crippen LogP contribution in [0.1, 0.15) is 26.3 Å². The van der Waals surface area contributed by atoms with Crippen LogP contribution in [0.4, 0.5) is 5.82 Å². The Morgan fingerprint density at radius 2 is 2.19 bits per heavy atom. The minimum absolute atomic E-state index is 0.195. The molecule has 0 aliphatic heterocycles. The molecule has 0 radical (unpaired) electrons. The fourth-order valence-corrected chi connectivity index (χ4v) is 1.15. The third kappa shape index (κ3) is 4.09. The molecule has 0 saturated carbocycles. The number of hydrogen-bond acceptors (Lipinski definition) is 3. The molecule has 1 rings (SSSR count). The van der Waals surface area contributed by atoms with Gasteiger partial charge in [0.25, 0.3) is 0 Å². The summed E-state index contributed by atoms with van der Waals surface area (Å²) in [6, 6.07) is 1.66. The number of anilines is 1. The summed E-state index contributed by atoms with van der Waals surface area (Å²) in [4.78, 5) is 3.92. The highest BCUT2D eigenvalue weighted by atomic mass is 35.5. The highest BCUT2D eigenvalue weighted by Crippen LogP contribution is 2.17. The van der Waals surface area contributed by atoms with Gasteiger partial charge in [-0.1, -0.05) is 23.4 Å². The van der Waals surface area contributed by atoms with Gasteiger partial charge in [-0.15, -0.1) is 0 Å². The van der Waals surface area contributed by atoms with Crippen molar-refractivity contribution in [2.75, 3.05) is 12.3 Å². The molecular formula is C12H15ClN2O. The molecule has 86 valence electrons. The number of aromatic nitrogens is 1. The van der Waals surface area contributed by atoms with Crippen molar-refractivity contribution in [2.24, 2.45) is 0 Å². The fraction of sp³-hybridized carbons (Fsp3) is 0.417. The molecule has 0 saturated heterocycles. The van der Waals surface area contributed by atoms with Crippen molar-refractivity contribution >= 4 is 17.4 Å². The predicted octanol–water partition coefficient (Wildman–Crippen LogP) is 2.48. The lowest BCUT2D eigenvalue weighted by Crippen LogP contribution is -2.19. The molecule has 0 bridgehead atoms. The van der Waals surface area contributed by atoms with Crippen LogP contribution in [0.3, 0.4) is 0 Å². The van der Waals surface area contributed by atoms with Gasteiger partial charge in [-0.05, 0) is 26.8 Å². The molecule has 0 aliphatic carbocycles. The van der Waals surface area contributed by atoms with Gasteiger partial charge >= 0.3 is 0 Å². The van der Waals surface area contributed by atoms with E-state index in [4.69, 9.17) is 22.1 Å². The highest BCUT2D eigenvalue weighted by molar-refractivity contribution is 6.32. The van der Waals surface area contributed by atoms with Gasteiger partial charge in [0.05, 0.1) is 16.2 Å². The van der Waals surface area contributed by atoms with Crippen molar-refractivity contribution in [3.63, 3.8) is 0 Å². The first kappa shape index (κ1) is 12.8. The summed E-state index contributed by atoms with van der Waals surface area (Å²) in [5.74, 6) is 6.07. The number of nitrogen functional groups attached to an aromatic ring is 1. The predicted molar refractivity (Wildman–Crippen MR) is 66.2 cm³/mol. The minimum Gasteiger partial charge on any atom is -0.383 e. The maximum Gasteiger partial charge on any atom is 0.140 e. The normalized spacial score (nSPS) is 10.8. The van der Waals surface area contributed by atoms with Crippen LogP contribution in [0, 0.1) is 11.8 Å². The average Bonchev–Trinajstić information content (AvgIpc) is 2.14. The third-order valence-electron chi connectivity index (χ3n) is 1.72. The van der Waals surface area contributed by atoms with E-state index in [1.807, 2.05) is 20.8 Å². The van der Waals surface area contributed by atoms with E-state index in [9.17, 15) is 0 Å². The van der Waals surface area contributed by atoms with Crippen LogP contribution >= 0.6 is 11.6 Å². The fourth-order valence-electron chi connectivity index (χ4n) is 0.954. The molecule has 0 aliphatic rings. The Morgan fingerprint density at radius 1 is 1.50 bits per heavy atom. The standard InChI is InChI=1S/C12H15ClN2O/c1-12(2,3)16-8-4-5-9-10(13)6-7-15-11(9)14/h6-7H,8H2,1-3H3,(H2,14,15). The van der Waals surface area contributed by atoms with Crippen LogP contribution in [0.5, 0.6) is 0 Å². The Balaban J connectivity index is 2.71. The van der Waals surface area contributed by atoms with E-state index in [-0.39, 0.29) is 5.60 Å². The molecule has 3 nitrogen and oxygen atoms in total. The number of ether oxygens (including phenoxy) is 1. The molecule has 1 aromatic heterocycles. The minimum atomic E-state index is -0.195. The molecule has 0 spiro atoms. The van der Waals surface area contributed by atoms with Gasteiger partial charge in [0, 0.05) is 6.20 Å². The molecule has 4 heteroatoms. The summed E-state index contributed by atoms with van der Waals surface area (Å²) < 4.78 is 5.45. The maximum absolute atomic E-state index is 5.94. The van der Waals surface area contributed by atoms with E-state index in [0.29, 0.717) is 23.0 Å². The average molecular weight is 239 g/mol. The number of hydrogen-bond donors (Lipinski definition) is 1. The topological polar surface area (TPSA) is 48.1 Å². The number of halogens is 1. The summed E-state index contributed by atoms with van der Waals surface area (Å²) >= 11 is 5.94. The van der Waals surface area contributed by atoms with Crippen molar-refractivity contribution in [3.05, 3.63) is 22.8 Å². The Morgan fingerprint density at radius 3 is 2.75 bits per heavy atom. The van der Waals surface area contributed by atoms with Crippen molar-refractivity contribution in [3.8, 4) is 11.8 Å². The monoisotopic (exact) mass is 238 g/mol. The zero-order valence-corrected chi connectivity index (χ0v) is 10.4. The Kier molecular flexibility index (Phi) is 4.17. The number of nitrogens with two attached hydrogens (primary N) is 1. The lowest BCUT2D eigenvalue weighted by Gasteiger charge is -2.16. The van der Waals surface area contributed by atoms with Crippen molar-refractivity contribution in [1.82, 2.24) is 4.98 Å². The van der Waals surface area contributed by atoms with E-state index in [2.05, 4.69) is 16.8 Å². The van der Waals surface area contributed by atoms with Gasteiger partial charge in [-0.2, -0.15) is 0 Å². The van der Waals surface area contributed by atoms with E-state index in [1.54, 1.807) is 12.3 Å². The Hall–Kier alpha value is -1.24. The van der Waals surface area contributed by atoms with Gasteiger partial charge in [0.1, 0.15) is 12.4 Å². The smallest absolute Gasteiger partial charge is 0.140 e. The zero-order valence-electron chi connectivity index (χ0n) is 9.67. The summed E-state index contributed by atoms with van der Waals surface area (Å²) in [6.45, 7) is 6.26. The van der Waals surface area contributed by atoms with Gasteiger partial charge in [-0.3, -0.25) is 0 Å². The summed E-state index contributed by atoms with van der Waals surface area (Å²) in [6.07, 6.45) is 1.55. The SMILES string of the molecule is CC(C)(C)OCC#Cc1c(Cl)ccnc1N. The lowest BCUT2D eigenvalue weighted by molar-refractivity contribution is 0.0181. The van der Waals surface area contributed by atoms with Crippen LogP contribution in [-0.4, -0.2) is 17.2 Å². The van der Waals surface area contributed by atoms with Gasteiger partial charge in [0.2, 0.25) is 0 Å². The van der Waals surface area contributed by atoms with E-state index < -0.39 is 0 Å². The van der Waals surface area contributed by atoms with Crippen molar-refractivity contribution in [1.29, 1.82) is 0 Å². The second-order valence-corrected chi connectivity index (χ2v) is 4.66. The van der Waals surface area contributed by atoms with E-state index >= 15 is 0 Å². The molecule has 0 aromatic carbocycles. The van der Waals surface area contributed by atoms with E-state index in [0.717, 1.165) is 0 Å². The largest absolute Gasteiger partial charge is 0.383 e. The molecule has 0 fully saturated rings. The molecule has 16 heavy (non-hydrogen) atoms. The van der Waals surface area contributed by atoms with Crippen molar-refractivity contribution < 1.29 is 4.74 Å².